The van der Waals surface area contributed by atoms with E-state index < -0.39 is 0 Å². The lowest BCUT2D eigenvalue weighted by molar-refractivity contribution is 0.414. The largest absolute Gasteiger partial charge is 0.497 e. The molecule has 0 aliphatic rings. The SMILES string of the molecule is COc1ccc2c(=O)c(-c3ccco3)c(C)oc2c1. The van der Waals surface area contributed by atoms with Crippen molar-refractivity contribution in [3.63, 3.8) is 0 Å². The highest BCUT2D eigenvalue weighted by atomic mass is 16.5. The van der Waals surface area contributed by atoms with Crippen LogP contribution in [0.2, 0.25) is 0 Å². The van der Waals surface area contributed by atoms with Crippen LogP contribution in [0, 0.1) is 6.92 Å². The molecular weight excluding hydrogens is 244 g/mol. The Morgan fingerprint density at radius 2 is 2.05 bits per heavy atom. The highest BCUT2D eigenvalue weighted by Crippen LogP contribution is 2.26. The molecule has 0 fully saturated rings. The molecule has 0 radical (unpaired) electrons. The first-order valence-electron chi connectivity index (χ1n) is 5.86. The maximum atomic E-state index is 12.5. The van der Waals surface area contributed by atoms with E-state index in [9.17, 15) is 4.79 Å². The molecule has 96 valence electrons. The van der Waals surface area contributed by atoms with Crippen LogP contribution in [0.4, 0.5) is 0 Å². The van der Waals surface area contributed by atoms with Gasteiger partial charge in [0.05, 0.1) is 18.8 Å². The van der Waals surface area contributed by atoms with Crippen molar-refractivity contribution in [1.29, 1.82) is 0 Å². The Morgan fingerprint density at radius 1 is 1.21 bits per heavy atom. The number of ether oxygens (including phenoxy) is 1. The molecule has 4 heteroatoms. The second kappa shape index (κ2) is 4.31. The molecule has 19 heavy (non-hydrogen) atoms. The van der Waals surface area contributed by atoms with Gasteiger partial charge in [0.2, 0.25) is 5.43 Å². The van der Waals surface area contributed by atoms with Gasteiger partial charge < -0.3 is 13.6 Å². The van der Waals surface area contributed by atoms with Crippen molar-refractivity contribution in [2.24, 2.45) is 0 Å². The first-order valence-corrected chi connectivity index (χ1v) is 5.86. The number of aryl methyl sites for hydroxylation is 1. The number of fused-ring (bicyclic) bond motifs is 1. The van der Waals surface area contributed by atoms with Gasteiger partial charge in [-0.2, -0.15) is 0 Å². The van der Waals surface area contributed by atoms with Crippen LogP contribution in [-0.4, -0.2) is 7.11 Å². The van der Waals surface area contributed by atoms with Crippen molar-refractivity contribution < 1.29 is 13.6 Å². The van der Waals surface area contributed by atoms with Gasteiger partial charge in [0.25, 0.3) is 0 Å². The summed E-state index contributed by atoms with van der Waals surface area (Å²) in [5, 5.41) is 0.512. The zero-order valence-corrected chi connectivity index (χ0v) is 10.6. The molecule has 1 aromatic carbocycles. The lowest BCUT2D eigenvalue weighted by atomic mass is 10.1. The van der Waals surface area contributed by atoms with E-state index in [2.05, 4.69) is 0 Å². The highest BCUT2D eigenvalue weighted by molar-refractivity contribution is 5.82. The fourth-order valence-electron chi connectivity index (χ4n) is 2.12. The zero-order chi connectivity index (χ0) is 13.4. The third kappa shape index (κ3) is 1.81. The maximum absolute atomic E-state index is 12.5. The van der Waals surface area contributed by atoms with Gasteiger partial charge in [-0.25, -0.2) is 0 Å². The van der Waals surface area contributed by atoms with Crippen molar-refractivity contribution in [1.82, 2.24) is 0 Å². The summed E-state index contributed by atoms with van der Waals surface area (Å²) in [7, 11) is 1.57. The molecule has 0 aliphatic heterocycles. The van der Waals surface area contributed by atoms with Gasteiger partial charge in [-0.1, -0.05) is 0 Å². The summed E-state index contributed by atoms with van der Waals surface area (Å²) >= 11 is 0. The molecule has 2 aromatic heterocycles. The predicted molar refractivity (Wildman–Crippen MR) is 71.5 cm³/mol. The van der Waals surface area contributed by atoms with E-state index in [4.69, 9.17) is 13.6 Å². The van der Waals surface area contributed by atoms with Gasteiger partial charge in [-0.05, 0) is 31.2 Å². The second-order valence-electron chi connectivity index (χ2n) is 4.20. The number of hydrogen-bond donors (Lipinski definition) is 0. The molecule has 3 aromatic rings. The van der Waals surface area contributed by atoms with E-state index in [1.165, 1.54) is 6.26 Å². The van der Waals surface area contributed by atoms with E-state index in [0.29, 0.717) is 33.8 Å². The highest BCUT2D eigenvalue weighted by Gasteiger charge is 2.15. The molecule has 0 spiro atoms. The fourth-order valence-corrected chi connectivity index (χ4v) is 2.12. The quantitative estimate of drug-likeness (QED) is 0.705. The summed E-state index contributed by atoms with van der Waals surface area (Å²) < 4.78 is 16.1. The molecule has 3 rings (SSSR count). The first-order chi connectivity index (χ1) is 9.20. The Bertz CT molecular complexity index is 782. The van der Waals surface area contributed by atoms with Gasteiger partial charge in [0, 0.05) is 6.07 Å². The normalized spacial score (nSPS) is 10.8. The van der Waals surface area contributed by atoms with Crippen LogP contribution in [0.25, 0.3) is 22.3 Å². The maximum Gasteiger partial charge on any atom is 0.203 e. The lowest BCUT2D eigenvalue weighted by Gasteiger charge is -2.06. The average Bonchev–Trinajstić information content (AvgIpc) is 2.91. The summed E-state index contributed by atoms with van der Waals surface area (Å²) in [6, 6.07) is 8.63. The molecule has 0 atom stereocenters. The van der Waals surface area contributed by atoms with Crippen LogP contribution in [0.5, 0.6) is 5.75 Å². The number of benzene rings is 1. The predicted octanol–water partition coefficient (Wildman–Crippen LogP) is 3.37. The minimum absolute atomic E-state index is 0.101. The van der Waals surface area contributed by atoms with Gasteiger partial charge in [-0.3, -0.25) is 4.79 Å². The Morgan fingerprint density at radius 3 is 2.74 bits per heavy atom. The number of hydrogen-bond acceptors (Lipinski definition) is 4. The smallest absolute Gasteiger partial charge is 0.203 e. The molecular formula is C15H12O4. The fraction of sp³-hybridized carbons (Fsp3) is 0.133. The summed E-state index contributed by atoms with van der Waals surface area (Å²) in [5.74, 6) is 1.70. The summed E-state index contributed by atoms with van der Waals surface area (Å²) in [6.07, 6.45) is 1.53. The van der Waals surface area contributed by atoms with E-state index in [-0.39, 0.29) is 5.43 Å². The molecule has 0 bridgehead atoms. The lowest BCUT2D eigenvalue weighted by Crippen LogP contribution is -2.07. The Labute approximate surface area is 109 Å². The number of rotatable bonds is 2. The van der Waals surface area contributed by atoms with E-state index in [1.807, 2.05) is 0 Å². The number of furan rings is 1. The number of methoxy groups -OCH3 is 1. The zero-order valence-electron chi connectivity index (χ0n) is 10.6. The van der Waals surface area contributed by atoms with Crippen LogP contribution in [0.15, 0.2) is 50.2 Å². The minimum Gasteiger partial charge on any atom is -0.497 e. The Kier molecular flexibility index (Phi) is 2.63. The van der Waals surface area contributed by atoms with Crippen molar-refractivity contribution in [2.45, 2.75) is 6.92 Å². The summed E-state index contributed by atoms with van der Waals surface area (Å²) in [4.78, 5) is 12.5. The summed E-state index contributed by atoms with van der Waals surface area (Å²) in [5.41, 5.74) is 0.871. The second-order valence-corrected chi connectivity index (χ2v) is 4.20. The molecule has 0 amide bonds. The molecule has 0 N–H and O–H groups in total. The van der Waals surface area contributed by atoms with E-state index >= 15 is 0 Å². The topological polar surface area (TPSA) is 52.6 Å². The van der Waals surface area contributed by atoms with Crippen molar-refractivity contribution in [3.05, 3.63) is 52.6 Å². The monoisotopic (exact) mass is 256 g/mol. The van der Waals surface area contributed by atoms with Crippen LogP contribution >= 0.6 is 0 Å². The van der Waals surface area contributed by atoms with Crippen molar-refractivity contribution in [3.8, 4) is 17.1 Å². The third-order valence-electron chi connectivity index (χ3n) is 3.04. The van der Waals surface area contributed by atoms with Gasteiger partial charge in [-0.15, -0.1) is 0 Å². The van der Waals surface area contributed by atoms with Crippen molar-refractivity contribution >= 4 is 11.0 Å². The van der Waals surface area contributed by atoms with E-state index in [0.717, 1.165) is 0 Å². The molecule has 0 saturated heterocycles. The van der Waals surface area contributed by atoms with Crippen LogP contribution < -0.4 is 10.2 Å². The van der Waals surface area contributed by atoms with E-state index in [1.54, 1.807) is 44.4 Å². The molecule has 4 nitrogen and oxygen atoms in total. The van der Waals surface area contributed by atoms with Crippen LogP contribution in [0.3, 0.4) is 0 Å². The van der Waals surface area contributed by atoms with Crippen LogP contribution in [0.1, 0.15) is 5.76 Å². The van der Waals surface area contributed by atoms with Gasteiger partial charge >= 0.3 is 0 Å². The standard InChI is InChI=1S/C15H12O4/c1-9-14(12-4-3-7-18-12)15(16)11-6-5-10(17-2)8-13(11)19-9/h3-8H,1-2H3. The first kappa shape index (κ1) is 11.6. The van der Waals surface area contributed by atoms with Gasteiger partial charge in [0.1, 0.15) is 28.4 Å². The molecule has 0 aliphatic carbocycles. The average molecular weight is 256 g/mol. The third-order valence-corrected chi connectivity index (χ3v) is 3.04. The molecule has 0 saturated carbocycles. The van der Waals surface area contributed by atoms with Crippen molar-refractivity contribution in [2.75, 3.05) is 7.11 Å². The molecule has 2 heterocycles. The summed E-state index contributed by atoms with van der Waals surface area (Å²) in [6.45, 7) is 1.75. The van der Waals surface area contributed by atoms with Gasteiger partial charge in [0.15, 0.2) is 0 Å². The Balaban J connectivity index is 2.35. The Hall–Kier alpha value is -2.49. The molecule has 0 unspecified atom stereocenters. The van der Waals surface area contributed by atoms with Crippen LogP contribution in [-0.2, 0) is 0 Å². The minimum atomic E-state index is -0.101.